The number of alkyl halides is 3. The van der Waals surface area contributed by atoms with Gasteiger partial charge in [0, 0.05) is 6.07 Å². The fraction of sp³-hybridized carbons (Fsp3) is 0.0769. The largest absolute Gasteiger partial charge is 0.573 e. The second-order valence-electron chi connectivity index (χ2n) is 3.97. The molecule has 0 spiro atoms. The average molecular weight is 318 g/mol. The molecule has 2 rings (SSSR count). The van der Waals surface area contributed by atoms with Gasteiger partial charge in [0.05, 0.1) is 15.5 Å². The maximum atomic E-state index is 12.2. The van der Waals surface area contributed by atoms with Gasteiger partial charge in [-0.25, -0.2) is 0 Å². The Morgan fingerprint density at radius 2 is 1.81 bits per heavy atom. The van der Waals surface area contributed by atoms with Crippen molar-refractivity contribution >= 4 is 17.3 Å². The van der Waals surface area contributed by atoms with E-state index >= 15 is 0 Å². The van der Waals surface area contributed by atoms with Crippen molar-refractivity contribution in [3.63, 3.8) is 0 Å². The number of nitro benzene ring substituents is 1. The molecule has 2 aromatic carbocycles. The molecule has 0 aromatic heterocycles. The van der Waals surface area contributed by atoms with Crippen molar-refractivity contribution < 1.29 is 22.8 Å². The van der Waals surface area contributed by atoms with Crippen LogP contribution in [0.4, 0.5) is 18.9 Å². The van der Waals surface area contributed by atoms with Crippen LogP contribution in [0, 0.1) is 10.1 Å². The smallest absolute Gasteiger partial charge is 0.406 e. The lowest BCUT2D eigenvalue weighted by Gasteiger charge is -2.11. The van der Waals surface area contributed by atoms with Gasteiger partial charge in [0.25, 0.3) is 5.69 Å². The highest BCUT2D eigenvalue weighted by Crippen LogP contribution is 2.38. The Morgan fingerprint density at radius 1 is 1.14 bits per heavy atom. The maximum Gasteiger partial charge on any atom is 0.573 e. The lowest BCUT2D eigenvalue weighted by molar-refractivity contribution is -0.384. The van der Waals surface area contributed by atoms with E-state index in [0.29, 0.717) is 0 Å². The van der Waals surface area contributed by atoms with Crippen LogP contribution >= 0.6 is 11.6 Å². The van der Waals surface area contributed by atoms with Crippen LogP contribution in [0.1, 0.15) is 0 Å². The van der Waals surface area contributed by atoms with Crippen molar-refractivity contribution in [3.05, 3.63) is 57.6 Å². The molecule has 110 valence electrons. The molecule has 0 heterocycles. The fourth-order valence-electron chi connectivity index (χ4n) is 1.80. The van der Waals surface area contributed by atoms with E-state index in [2.05, 4.69) is 4.74 Å². The Labute approximate surface area is 121 Å². The van der Waals surface area contributed by atoms with Crippen molar-refractivity contribution in [2.45, 2.75) is 6.36 Å². The number of nitrogens with zero attached hydrogens (tertiary/aromatic N) is 1. The van der Waals surface area contributed by atoms with E-state index in [0.717, 1.165) is 12.1 Å². The molecule has 0 aliphatic rings. The highest BCUT2D eigenvalue weighted by molar-refractivity contribution is 6.33. The van der Waals surface area contributed by atoms with Crippen LogP contribution < -0.4 is 4.74 Å². The van der Waals surface area contributed by atoms with E-state index in [1.54, 1.807) is 0 Å². The van der Waals surface area contributed by atoms with Gasteiger partial charge in [-0.1, -0.05) is 29.8 Å². The minimum Gasteiger partial charge on any atom is -0.406 e. The highest BCUT2D eigenvalue weighted by Gasteiger charge is 2.31. The zero-order valence-electron chi connectivity index (χ0n) is 10.2. The molecule has 21 heavy (non-hydrogen) atoms. The lowest BCUT2D eigenvalue weighted by atomic mass is 10.0. The number of benzene rings is 2. The highest BCUT2D eigenvalue weighted by atomic mass is 35.5. The number of hydrogen-bond donors (Lipinski definition) is 0. The molecule has 4 nitrogen and oxygen atoms in total. The van der Waals surface area contributed by atoms with Crippen molar-refractivity contribution in [1.82, 2.24) is 0 Å². The Morgan fingerprint density at radius 3 is 2.43 bits per heavy atom. The summed E-state index contributed by atoms with van der Waals surface area (Å²) in [7, 11) is 0. The maximum absolute atomic E-state index is 12.2. The van der Waals surface area contributed by atoms with Crippen LogP contribution in [0.3, 0.4) is 0 Å². The van der Waals surface area contributed by atoms with Crippen LogP contribution in [-0.4, -0.2) is 11.3 Å². The normalized spacial score (nSPS) is 11.2. The first kappa shape index (κ1) is 15.1. The molecule has 2 aromatic rings. The summed E-state index contributed by atoms with van der Waals surface area (Å²) in [4.78, 5) is 10.3. The standard InChI is InChI=1S/C13H7ClF3NO3/c14-10-5-2-6-11(18(19)20)12(10)8-3-1-4-9(7-8)21-13(15,16)17/h1-7H. The molecule has 0 aliphatic carbocycles. The third kappa shape index (κ3) is 3.63. The van der Waals surface area contributed by atoms with Crippen molar-refractivity contribution in [1.29, 1.82) is 0 Å². The van der Waals surface area contributed by atoms with Crippen LogP contribution in [-0.2, 0) is 0 Å². The third-order valence-electron chi connectivity index (χ3n) is 2.54. The topological polar surface area (TPSA) is 52.4 Å². The van der Waals surface area contributed by atoms with E-state index in [-0.39, 0.29) is 21.8 Å². The van der Waals surface area contributed by atoms with Crippen LogP contribution in [0.2, 0.25) is 5.02 Å². The van der Waals surface area contributed by atoms with Gasteiger partial charge in [-0.2, -0.15) is 0 Å². The van der Waals surface area contributed by atoms with E-state index in [4.69, 9.17) is 11.6 Å². The number of rotatable bonds is 3. The first-order valence-corrected chi connectivity index (χ1v) is 5.95. The fourth-order valence-corrected chi connectivity index (χ4v) is 2.08. The molecule has 0 unspecified atom stereocenters. The van der Waals surface area contributed by atoms with Gasteiger partial charge in [-0.15, -0.1) is 13.2 Å². The predicted molar refractivity (Wildman–Crippen MR) is 70.2 cm³/mol. The number of hydrogen-bond acceptors (Lipinski definition) is 3. The molecule has 0 saturated carbocycles. The van der Waals surface area contributed by atoms with Crippen molar-refractivity contribution in [2.75, 3.05) is 0 Å². The molecule has 0 N–H and O–H groups in total. The molecule has 8 heteroatoms. The van der Waals surface area contributed by atoms with Gasteiger partial charge in [-0.3, -0.25) is 10.1 Å². The van der Waals surface area contributed by atoms with Crippen LogP contribution in [0.15, 0.2) is 42.5 Å². The van der Waals surface area contributed by atoms with Crippen molar-refractivity contribution in [3.8, 4) is 16.9 Å². The van der Waals surface area contributed by atoms with Crippen LogP contribution in [0.5, 0.6) is 5.75 Å². The Hall–Kier alpha value is -2.28. The summed E-state index contributed by atoms with van der Waals surface area (Å²) in [6.07, 6.45) is -4.84. The van der Waals surface area contributed by atoms with Gasteiger partial charge >= 0.3 is 6.36 Å². The minimum atomic E-state index is -4.84. The molecule has 0 radical (unpaired) electrons. The average Bonchev–Trinajstić information content (AvgIpc) is 2.36. The lowest BCUT2D eigenvalue weighted by Crippen LogP contribution is -2.17. The predicted octanol–water partition coefficient (Wildman–Crippen LogP) is 4.81. The number of nitro groups is 1. The summed E-state index contributed by atoms with van der Waals surface area (Å²) in [5.41, 5.74) is -0.0995. The van der Waals surface area contributed by atoms with Gasteiger partial charge < -0.3 is 4.74 Å². The van der Waals surface area contributed by atoms with Gasteiger partial charge in [0.1, 0.15) is 5.75 Å². The molecule has 0 fully saturated rings. The van der Waals surface area contributed by atoms with Gasteiger partial charge in [0.2, 0.25) is 0 Å². The SMILES string of the molecule is O=[N+]([O-])c1cccc(Cl)c1-c1cccc(OC(F)(F)F)c1. The first-order chi connectivity index (χ1) is 9.78. The molecule has 0 atom stereocenters. The summed E-state index contributed by atoms with van der Waals surface area (Å²) in [6, 6.07) is 8.88. The number of halogens is 4. The summed E-state index contributed by atoms with van der Waals surface area (Å²) < 4.78 is 40.4. The van der Waals surface area contributed by atoms with E-state index in [9.17, 15) is 23.3 Å². The van der Waals surface area contributed by atoms with E-state index in [1.807, 2.05) is 0 Å². The first-order valence-electron chi connectivity index (χ1n) is 5.57. The molecule has 0 saturated heterocycles. The second-order valence-corrected chi connectivity index (χ2v) is 4.37. The Kier molecular flexibility index (Phi) is 4.04. The van der Waals surface area contributed by atoms with Crippen LogP contribution in [0.25, 0.3) is 11.1 Å². The minimum absolute atomic E-state index is 0.0387. The van der Waals surface area contributed by atoms with E-state index < -0.39 is 17.0 Å². The van der Waals surface area contributed by atoms with Crippen molar-refractivity contribution in [2.24, 2.45) is 0 Å². The second kappa shape index (κ2) is 5.61. The molecule has 0 bridgehead atoms. The summed E-state index contributed by atoms with van der Waals surface area (Å²) in [5, 5.41) is 11.1. The quantitative estimate of drug-likeness (QED) is 0.602. The summed E-state index contributed by atoms with van der Waals surface area (Å²) in [5.74, 6) is -0.478. The molecule has 0 amide bonds. The number of ether oxygens (including phenoxy) is 1. The summed E-state index contributed by atoms with van der Waals surface area (Å²) in [6.45, 7) is 0. The third-order valence-corrected chi connectivity index (χ3v) is 2.86. The zero-order chi connectivity index (χ0) is 15.6. The Balaban J connectivity index is 2.53. The zero-order valence-corrected chi connectivity index (χ0v) is 11.0. The molecular formula is C13H7ClF3NO3. The van der Waals surface area contributed by atoms with Gasteiger partial charge in [-0.05, 0) is 23.8 Å². The van der Waals surface area contributed by atoms with Gasteiger partial charge in [0.15, 0.2) is 0 Å². The monoisotopic (exact) mass is 317 g/mol. The molecular weight excluding hydrogens is 311 g/mol. The Bertz CT molecular complexity index is 689. The van der Waals surface area contributed by atoms with E-state index in [1.165, 1.54) is 30.3 Å². The molecule has 0 aliphatic heterocycles. The summed E-state index contributed by atoms with van der Waals surface area (Å²) >= 11 is 5.93.